The molecule has 0 aliphatic heterocycles. The summed E-state index contributed by atoms with van der Waals surface area (Å²) in [5.74, 6) is -0.651. The molecule has 0 fully saturated rings. The molecular formula is C17H19N3O2. The van der Waals surface area contributed by atoms with Gasteiger partial charge in [-0.05, 0) is 55.3 Å². The second kappa shape index (κ2) is 6.76. The van der Waals surface area contributed by atoms with Crippen LogP contribution in [0.3, 0.4) is 0 Å². The Morgan fingerprint density at radius 3 is 2.36 bits per heavy atom. The third kappa shape index (κ3) is 3.85. The standard InChI is InChI=1S/C17H19N3O2/c1-11-4-3-5-15(12(11)2)19-10-16(21)20-14-8-6-13(7-9-14)17(18)22/h3-9,19H,10H2,1-2H3,(H2,18,22)(H,20,21). The molecular weight excluding hydrogens is 278 g/mol. The Balaban J connectivity index is 1.93. The molecule has 2 rings (SSSR count). The van der Waals surface area contributed by atoms with Gasteiger partial charge in [0.15, 0.2) is 0 Å². The fourth-order valence-corrected chi connectivity index (χ4v) is 2.04. The molecule has 5 heteroatoms. The molecule has 2 amide bonds. The Morgan fingerprint density at radius 2 is 1.73 bits per heavy atom. The first kappa shape index (κ1) is 15.6. The number of rotatable bonds is 5. The molecule has 0 saturated carbocycles. The van der Waals surface area contributed by atoms with Crippen molar-refractivity contribution in [2.24, 2.45) is 5.73 Å². The van der Waals surface area contributed by atoms with Crippen LogP contribution in [0.1, 0.15) is 21.5 Å². The van der Waals surface area contributed by atoms with Crippen molar-refractivity contribution in [3.8, 4) is 0 Å². The first-order valence-electron chi connectivity index (χ1n) is 6.97. The number of amides is 2. The molecule has 4 N–H and O–H groups in total. The van der Waals surface area contributed by atoms with E-state index < -0.39 is 5.91 Å². The number of hydrogen-bond donors (Lipinski definition) is 3. The summed E-state index contributed by atoms with van der Waals surface area (Å²) in [6, 6.07) is 12.4. The Kier molecular flexibility index (Phi) is 4.78. The number of carbonyl (C=O) groups is 2. The summed E-state index contributed by atoms with van der Waals surface area (Å²) >= 11 is 0. The molecule has 0 aromatic heterocycles. The highest BCUT2D eigenvalue weighted by Crippen LogP contribution is 2.17. The molecule has 22 heavy (non-hydrogen) atoms. The molecule has 0 aliphatic rings. The molecule has 0 atom stereocenters. The average Bonchev–Trinajstić information content (AvgIpc) is 2.49. The van der Waals surface area contributed by atoms with Gasteiger partial charge >= 0.3 is 0 Å². The molecule has 0 spiro atoms. The van der Waals surface area contributed by atoms with E-state index in [-0.39, 0.29) is 12.5 Å². The maximum Gasteiger partial charge on any atom is 0.248 e. The topological polar surface area (TPSA) is 84.2 Å². The lowest BCUT2D eigenvalue weighted by molar-refractivity contribution is -0.114. The third-order valence-corrected chi connectivity index (χ3v) is 3.50. The number of nitrogens with one attached hydrogen (secondary N) is 2. The van der Waals surface area contributed by atoms with Gasteiger partial charge in [0.1, 0.15) is 0 Å². The van der Waals surface area contributed by atoms with Crippen LogP contribution < -0.4 is 16.4 Å². The van der Waals surface area contributed by atoms with E-state index >= 15 is 0 Å². The van der Waals surface area contributed by atoms with Crippen LogP contribution in [0.15, 0.2) is 42.5 Å². The highest BCUT2D eigenvalue weighted by atomic mass is 16.2. The number of hydrogen-bond acceptors (Lipinski definition) is 3. The van der Waals surface area contributed by atoms with E-state index in [4.69, 9.17) is 5.73 Å². The van der Waals surface area contributed by atoms with Gasteiger partial charge in [0, 0.05) is 16.9 Å². The van der Waals surface area contributed by atoms with Crippen LogP contribution in [0.5, 0.6) is 0 Å². The smallest absolute Gasteiger partial charge is 0.248 e. The van der Waals surface area contributed by atoms with Crippen LogP contribution in [-0.2, 0) is 4.79 Å². The Bertz CT molecular complexity index is 694. The SMILES string of the molecule is Cc1cccc(NCC(=O)Nc2ccc(C(N)=O)cc2)c1C. The fraction of sp³-hybridized carbons (Fsp3) is 0.176. The van der Waals surface area contributed by atoms with Gasteiger partial charge in [-0.15, -0.1) is 0 Å². The number of primary amides is 1. The predicted molar refractivity (Wildman–Crippen MR) is 88.0 cm³/mol. The van der Waals surface area contributed by atoms with Crippen molar-refractivity contribution in [1.82, 2.24) is 0 Å². The number of aryl methyl sites for hydroxylation is 1. The lowest BCUT2D eigenvalue weighted by Gasteiger charge is -2.11. The first-order valence-corrected chi connectivity index (χ1v) is 6.97. The zero-order chi connectivity index (χ0) is 16.1. The third-order valence-electron chi connectivity index (χ3n) is 3.50. The summed E-state index contributed by atoms with van der Waals surface area (Å²) in [4.78, 5) is 22.9. The van der Waals surface area contributed by atoms with Gasteiger partial charge in [-0.3, -0.25) is 9.59 Å². The van der Waals surface area contributed by atoms with E-state index in [0.29, 0.717) is 11.3 Å². The maximum atomic E-state index is 11.9. The number of anilines is 2. The van der Waals surface area contributed by atoms with E-state index in [2.05, 4.69) is 10.6 Å². The Hall–Kier alpha value is -2.82. The van der Waals surface area contributed by atoms with E-state index in [0.717, 1.165) is 11.3 Å². The van der Waals surface area contributed by atoms with Gasteiger partial charge in [-0.2, -0.15) is 0 Å². The maximum absolute atomic E-state index is 11.9. The van der Waals surface area contributed by atoms with Gasteiger partial charge in [-0.25, -0.2) is 0 Å². The van der Waals surface area contributed by atoms with E-state index in [9.17, 15) is 9.59 Å². The van der Waals surface area contributed by atoms with Gasteiger partial charge < -0.3 is 16.4 Å². The van der Waals surface area contributed by atoms with E-state index in [1.54, 1.807) is 24.3 Å². The minimum absolute atomic E-state index is 0.160. The zero-order valence-electron chi connectivity index (χ0n) is 12.6. The first-order chi connectivity index (χ1) is 10.5. The Morgan fingerprint density at radius 1 is 1.05 bits per heavy atom. The molecule has 0 radical (unpaired) electrons. The van der Waals surface area contributed by atoms with Crippen molar-refractivity contribution in [1.29, 1.82) is 0 Å². The van der Waals surface area contributed by atoms with Gasteiger partial charge in [0.25, 0.3) is 0 Å². The van der Waals surface area contributed by atoms with Crippen molar-refractivity contribution in [2.75, 3.05) is 17.2 Å². The normalized spacial score (nSPS) is 10.1. The summed E-state index contributed by atoms with van der Waals surface area (Å²) in [6.45, 7) is 4.21. The average molecular weight is 297 g/mol. The molecule has 0 bridgehead atoms. The van der Waals surface area contributed by atoms with Gasteiger partial charge in [-0.1, -0.05) is 12.1 Å². The van der Waals surface area contributed by atoms with Crippen molar-refractivity contribution >= 4 is 23.2 Å². The van der Waals surface area contributed by atoms with Crippen molar-refractivity contribution < 1.29 is 9.59 Å². The molecule has 0 aliphatic carbocycles. The van der Waals surface area contributed by atoms with Gasteiger partial charge in [0.2, 0.25) is 11.8 Å². The fourth-order valence-electron chi connectivity index (χ4n) is 2.04. The predicted octanol–water partition coefficient (Wildman–Crippen LogP) is 2.45. The van der Waals surface area contributed by atoms with Crippen LogP contribution in [-0.4, -0.2) is 18.4 Å². The molecule has 5 nitrogen and oxygen atoms in total. The van der Waals surface area contributed by atoms with Crippen LogP contribution in [0.2, 0.25) is 0 Å². The summed E-state index contributed by atoms with van der Waals surface area (Å²) in [5, 5.41) is 5.88. The van der Waals surface area contributed by atoms with Crippen molar-refractivity contribution in [2.45, 2.75) is 13.8 Å². The van der Waals surface area contributed by atoms with Crippen molar-refractivity contribution in [3.05, 3.63) is 59.2 Å². The number of carbonyl (C=O) groups excluding carboxylic acids is 2. The molecule has 114 valence electrons. The molecule has 0 heterocycles. The van der Waals surface area contributed by atoms with Crippen molar-refractivity contribution in [3.63, 3.8) is 0 Å². The van der Waals surface area contributed by atoms with Crippen LogP contribution in [0, 0.1) is 13.8 Å². The molecule has 2 aromatic rings. The molecule has 0 unspecified atom stereocenters. The highest BCUT2D eigenvalue weighted by molar-refractivity contribution is 5.96. The minimum Gasteiger partial charge on any atom is -0.376 e. The highest BCUT2D eigenvalue weighted by Gasteiger charge is 2.06. The second-order valence-corrected chi connectivity index (χ2v) is 5.09. The minimum atomic E-state index is -0.491. The Labute approximate surface area is 129 Å². The molecule has 0 saturated heterocycles. The largest absolute Gasteiger partial charge is 0.376 e. The van der Waals surface area contributed by atoms with E-state index in [1.807, 2.05) is 32.0 Å². The second-order valence-electron chi connectivity index (χ2n) is 5.09. The summed E-state index contributed by atoms with van der Waals surface area (Å²) in [6.07, 6.45) is 0. The number of nitrogens with two attached hydrogens (primary N) is 1. The molecule has 2 aromatic carbocycles. The summed E-state index contributed by atoms with van der Waals surface area (Å²) in [5.41, 5.74) is 9.44. The van der Waals surface area contributed by atoms with Crippen LogP contribution >= 0.6 is 0 Å². The number of benzene rings is 2. The van der Waals surface area contributed by atoms with Crippen LogP contribution in [0.25, 0.3) is 0 Å². The van der Waals surface area contributed by atoms with Gasteiger partial charge in [0.05, 0.1) is 6.54 Å². The lowest BCUT2D eigenvalue weighted by atomic mass is 10.1. The summed E-state index contributed by atoms with van der Waals surface area (Å²) < 4.78 is 0. The monoisotopic (exact) mass is 297 g/mol. The lowest BCUT2D eigenvalue weighted by Crippen LogP contribution is -2.22. The summed E-state index contributed by atoms with van der Waals surface area (Å²) in [7, 11) is 0. The quantitative estimate of drug-likeness (QED) is 0.792. The zero-order valence-corrected chi connectivity index (χ0v) is 12.6. The van der Waals surface area contributed by atoms with Crippen LogP contribution in [0.4, 0.5) is 11.4 Å². The van der Waals surface area contributed by atoms with E-state index in [1.165, 1.54) is 5.56 Å².